The summed E-state index contributed by atoms with van der Waals surface area (Å²) in [6.45, 7) is 1.30. The number of nitrogens with one attached hydrogen (secondary N) is 2. The van der Waals surface area contributed by atoms with E-state index in [0.29, 0.717) is 24.3 Å². The lowest BCUT2D eigenvalue weighted by molar-refractivity contribution is 0.0697. The smallest absolute Gasteiger partial charge is 0.267 e. The van der Waals surface area contributed by atoms with Crippen LogP contribution in [0.25, 0.3) is 10.9 Å². The van der Waals surface area contributed by atoms with Gasteiger partial charge in [-0.2, -0.15) is 0 Å². The largest absolute Gasteiger partial charge is 0.351 e. The number of benzene rings is 2. The molecule has 4 rings (SSSR count). The third-order valence-electron chi connectivity index (χ3n) is 4.97. The van der Waals surface area contributed by atoms with Crippen molar-refractivity contribution in [2.75, 3.05) is 13.1 Å². The number of rotatable bonds is 3. The standard InChI is InChI=1S/C21H20BrN3O2/c22-16-6-7-18-15(12-16)13-19(24-18)20(26)23-17-8-10-25(11-9-17)21(27)14-4-2-1-3-5-14/h1-7,12-13,17,24H,8-11H2,(H,23,26). The van der Waals surface area contributed by atoms with Crippen LogP contribution >= 0.6 is 15.9 Å². The molecule has 1 fully saturated rings. The van der Waals surface area contributed by atoms with Gasteiger partial charge in [0.05, 0.1) is 0 Å². The van der Waals surface area contributed by atoms with Crippen molar-refractivity contribution in [2.45, 2.75) is 18.9 Å². The van der Waals surface area contributed by atoms with Gasteiger partial charge in [0.25, 0.3) is 11.8 Å². The van der Waals surface area contributed by atoms with Gasteiger partial charge in [0.2, 0.25) is 0 Å². The number of carbonyl (C=O) groups excluding carboxylic acids is 2. The van der Waals surface area contributed by atoms with Crippen molar-refractivity contribution in [3.05, 3.63) is 70.3 Å². The molecule has 0 atom stereocenters. The van der Waals surface area contributed by atoms with Crippen LogP contribution in [0.3, 0.4) is 0 Å². The minimum atomic E-state index is -0.102. The number of fused-ring (bicyclic) bond motifs is 1. The Hall–Kier alpha value is -2.60. The maximum atomic E-state index is 12.6. The Morgan fingerprint density at radius 3 is 2.52 bits per heavy atom. The molecule has 0 radical (unpaired) electrons. The number of carbonyl (C=O) groups is 2. The highest BCUT2D eigenvalue weighted by molar-refractivity contribution is 9.10. The molecule has 2 N–H and O–H groups in total. The number of aromatic nitrogens is 1. The van der Waals surface area contributed by atoms with Crippen molar-refractivity contribution in [3.8, 4) is 0 Å². The molecule has 5 nitrogen and oxygen atoms in total. The number of amides is 2. The highest BCUT2D eigenvalue weighted by Crippen LogP contribution is 2.21. The first-order valence-electron chi connectivity index (χ1n) is 9.03. The molecule has 138 valence electrons. The van der Waals surface area contributed by atoms with Gasteiger partial charge in [-0.15, -0.1) is 0 Å². The SMILES string of the molecule is O=C(NC1CCN(C(=O)c2ccccc2)CC1)c1cc2cc(Br)ccc2[nH]1. The van der Waals surface area contributed by atoms with E-state index in [4.69, 9.17) is 0 Å². The summed E-state index contributed by atoms with van der Waals surface area (Å²) >= 11 is 3.45. The van der Waals surface area contributed by atoms with Gasteiger partial charge in [0.15, 0.2) is 0 Å². The van der Waals surface area contributed by atoms with Crippen LogP contribution in [0.2, 0.25) is 0 Å². The number of nitrogens with zero attached hydrogens (tertiary/aromatic N) is 1. The fraction of sp³-hybridized carbons (Fsp3) is 0.238. The quantitative estimate of drug-likeness (QED) is 0.666. The monoisotopic (exact) mass is 425 g/mol. The Bertz CT molecular complexity index is 976. The number of hydrogen-bond acceptors (Lipinski definition) is 2. The summed E-state index contributed by atoms with van der Waals surface area (Å²) in [6, 6.07) is 17.1. The van der Waals surface area contributed by atoms with Gasteiger partial charge >= 0.3 is 0 Å². The fourth-order valence-electron chi connectivity index (χ4n) is 3.48. The lowest BCUT2D eigenvalue weighted by Crippen LogP contribution is -2.46. The fourth-order valence-corrected chi connectivity index (χ4v) is 3.86. The average molecular weight is 426 g/mol. The van der Waals surface area contributed by atoms with Crippen molar-refractivity contribution >= 4 is 38.6 Å². The second-order valence-corrected chi connectivity index (χ2v) is 7.74. The summed E-state index contributed by atoms with van der Waals surface area (Å²) in [4.78, 5) is 30.1. The first-order valence-corrected chi connectivity index (χ1v) is 9.83. The number of piperidine rings is 1. The Labute approximate surface area is 165 Å². The molecular formula is C21H20BrN3O2. The van der Waals surface area contributed by atoms with Crippen LogP contribution in [-0.4, -0.2) is 40.8 Å². The van der Waals surface area contributed by atoms with Crippen molar-refractivity contribution in [2.24, 2.45) is 0 Å². The van der Waals surface area contributed by atoms with Crippen molar-refractivity contribution in [1.29, 1.82) is 0 Å². The lowest BCUT2D eigenvalue weighted by atomic mass is 10.0. The minimum absolute atomic E-state index is 0.0570. The zero-order chi connectivity index (χ0) is 18.8. The Morgan fingerprint density at radius 1 is 1.04 bits per heavy atom. The van der Waals surface area contributed by atoms with E-state index >= 15 is 0 Å². The van der Waals surface area contributed by atoms with Gasteiger partial charge in [-0.25, -0.2) is 0 Å². The van der Waals surface area contributed by atoms with Crippen molar-refractivity contribution in [1.82, 2.24) is 15.2 Å². The normalized spacial score (nSPS) is 15.1. The molecule has 1 aliphatic heterocycles. The summed E-state index contributed by atoms with van der Waals surface area (Å²) in [5.74, 6) is -0.0447. The minimum Gasteiger partial charge on any atom is -0.351 e. The molecule has 6 heteroatoms. The van der Waals surface area contributed by atoms with Gasteiger partial charge in [-0.05, 0) is 49.2 Å². The van der Waals surface area contributed by atoms with E-state index in [1.54, 1.807) is 0 Å². The van der Waals surface area contributed by atoms with Crippen molar-refractivity contribution < 1.29 is 9.59 Å². The van der Waals surface area contributed by atoms with Crippen LogP contribution in [0.1, 0.15) is 33.7 Å². The molecule has 0 bridgehead atoms. The molecule has 3 aromatic rings. The average Bonchev–Trinajstić information content (AvgIpc) is 3.12. The highest BCUT2D eigenvalue weighted by atomic mass is 79.9. The molecule has 2 amide bonds. The van der Waals surface area contributed by atoms with Crippen LogP contribution in [0.4, 0.5) is 0 Å². The Balaban J connectivity index is 1.35. The third kappa shape index (κ3) is 3.90. The van der Waals surface area contributed by atoms with Crippen LogP contribution in [-0.2, 0) is 0 Å². The third-order valence-corrected chi connectivity index (χ3v) is 5.46. The maximum Gasteiger partial charge on any atom is 0.267 e. The summed E-state index contributed by atoms with van der Waals surface area (Å²) in [6.07, 6.45) is 1.52. The van der Waals surface area contributed by atoms with Crippen LogP contribution in [0.15, 0.2) is 59.1 Å². The van der Waals surface area contributed by atoms with E-state index in [1.165, 1.54) is 0 Å². The van der Waals surface area contributed by atoms with Crippen LogP contribution in [0.5, 0.6) is 0 Å². The molecular weight excluding hydrogens is 406 g/mol. The van der Waals surface area contributed by atoms with Crippen LogP contribution < -0.4 is 5.32 Å². The summed E-state index contributed by atoms with van der Waals surface area (Å²) < 4.78 is 0.983. The summed E-state index contributed by atoms with van der Waals surface area (Å²) in [7, 11) is 0. The maximum absolute atomic E-state index is 12.6. The molecule has 0 spiro atoms. The topological polar surface area (TPSA) is 65.2 Å². The zero-order valence-corrected chi connectivity index (χ0v) is 16.3. The summed E-state index contributed by atoms with van der Waals surface area (Å²) in [5.41, 5.74) is 2.21. The predicted molar refractivity (Wildman–Crippen MR) is 109 cm³/mol. The van der Waals surface area contributed by atoms with E-state index in [2.05, 4.69) is 26.2 Å². The molecule has 1 aliphatic rings. The first kappa shape index (κ1) is 17.8. The van der Waals surface area contributed by atoms with Gasteiger partial charge in [-0.3, -0.25) is 9.59 Å². The number of likely N-dealkylation sites (tertiary alicyclic amines) is 1. The van der Waals surface area contributed by atoms with E-state index in [0.717, 1.165) is 28.2 Å². The van der Waals surface area contributed by atoms with Gasteiger partial charge in [0.1, 0.15) is 5.69 Å². The first-order chi connectivity index (χ1) is 13.1. The van der Waals surface area contributed by atoms with Gasteiger partial charge in [0, 0.05) is 40.1 Å². The number of halogens is 1. The van der Waals surface area contributed by atoms with E-state index in [9.17, 15) is 9.59 Å². The van der Waals surface area contributed by atoms with E-state index in [1.807, 2.05) is 59.5 Å². The Morgan fingerprint density at radius 2 is 1.78 bits per heavy atom. The van der Waals surface area contributed by atoms with Gasteiger partial charge in [-0.1, -0.05) is 34.1 Å². The van der Waals surface area contributed by atoms with E-state index in [-0.39, 0.29) is 17.9 Å². The molecule has 1 aromatic heterocycles. The molecule has 0 aliphatic carbocycles. The molecule has 0 unspecified atom stereocenters. The number of aromatic amines is 1. The molecule has 2 aromatic carbocycles. The second-order valence-electron chi connectivity index (χ2n) is 6.82. The highest BCUT2D eigenvalue weighted by Gasteiger charge is 2.25. The number of H-pyrrole nitrogens is 1. The Kier molecular flexibility index (Phi) is 4.99. The predicted octanol–water partition coefficient (Wildman–Crippen LogP) is 3.97. The van der Waals surface area contributed by atoms with Gasteiger partial charge < -0.3 is 15.2 Å². The molecule has 1 saturated heterocycles. The second kappa shape index (κ2) is 7.56. The van der Waals surface area contributed by atoms with Crippen LogP contribution in [0, 0.1) is 0 Å². The molecule has 27 heavy (non-hydrogen) atoms. The summed E-state index contributed by atoms with van der Waals surface area (Å²) in [5, 5.41) is 4.09. The molecule has 0 saturated carbocycles. The molecule has 2 heterocycles. The zero-order valence-electron chi connectivity index (χ0n) is 14.7. The van der Waals surface area contributed by atoms with Crippen molar-refractivity contribution in [3.63, 3.8) is 0 Å². The lowest BCUT2D eigenvalue weighted by Gasteiger charge is -2.32. The number of hydrogen-bond donors (Lipinski definition) is 2. The van der Waals surface area contributed by atoms with E-state index < -0.39 is 0 Å².